The first-order valence-electron chi connectivity index (χ1n) is 4.35. The molecule has 0 aliphatic heterocycles. The van der Waals surface area contributed by atoms with Crippen LogP contribution < -0.4 is 4.74 Å². The van der Waals surface area contributed by atoms with Crippen molar-refractivity contribution in [2.45, 2.75) is 19.8 Å². The first-order valence-corrected chi connectivity index (χ1v) is 4.35. The summed E-state index contributed by atoms with van der Waals surface area (Å²) in [4.78, 5) is 10.2. The molecule has 0 aliphatic carbocycles. The van der Waals surface area contributed by atoms with Gasteiger partial charge in [0.1, 0.15) is 12.0 Å². The van der Waals surface area contributed by atoms with E-state index in [-0.39, 0.29) is 0 Å². The maximum atomic E-state index is 10.2. The highest BCUT2D eigenvalue weighted by atomic mass is 16.5. The average Bonchev–Trinajstić information content (AvgIpc) is 2.15. The third-order valence-corrected chi connectivity index (χ3v) is 2.10. The molecule has 1 rings (SSSR count). The SMILES string of the molecule is COc1cccc(C)c1CCC=O. The van der Waals surface area contributed by atoms with E-state index in [0.717, 1.165) is 24.0 Å². The smallest absolute Gasteiger partial charge is 0.122 e. The van der Waals surface area contributed by atoms with Crippen LogP contribution in [0.15, 0.2) is 18.2 Å². The van der Waals surface area contributed by atoms with Crippen LogP contribution in [0.4, 0.5) is 0 Å². The van der Waals surface area contributed by atoms with Crippen molar-refractivity contribution in [1.82, 2.24) is 0 Å². The van der Waals surface area contributed by atoms with E-state index in [2.05, 4.69) is 0 Å². The Hall–Kier alpha value is -1.31. The summed E-state index contributed by atoms with van der Waals surface area (Å²) in [5, 5.41) is 0. The largest absolute Gasteiger partial charge is 0.496 e. The Bertz CT molecular complexity index is 292. The van der Waals surface area contributed by atoms with Gasteiger partial charge in [-0.1, -0.05) is 12.1 Å². The van der Waals surface area contributed by atoms with E-state index < -0.39 is 0 Å². The Morgan fingerprint density at radius 3 is 2.85 bits per heavy atom. The molecule has 0 amide bonds. The van der Waals surface area contributed by atoms with Gasteiger partial charge in [-0.05, 0) is 30.5 Å². The van der Waals surface area contributed by atoms with Gasteiger partial charge in [0.15, 0.2) is 0 Å². The number of aryl methyl sites for hydroxylation is 1. The van der Waals surface area contributed by atoms with Crippen molar-refractivity contribution in [2.75, 3.05) is 7.11 Å². The van der Waals surface area contributed by atoms with Gasteiger partial charge in [0.05, 0.1) is 7.11 Å². The van der Waals surface area contributed by atoms with E-state index in [1.807, 2.05) is 25.1 Å². The maximum Gasteiger partial charge on any atom is 0.122 e. The minimum atomic E-state index is 0.557. The van der Waals surface area contributed by atoms with Crippen LogP contribution in [-0.4, -0.2) is 13.4 Å². The molecule has 70 valence electrons. The van der Waals surface area contributed by atoms with Crippen molar-refractivity contribution in [3.05, 3.63) is 29.3 Å². The lowest BCUT2D eigenvalue weighted by Gasteiger charge is -2.09. The molecule has 0 unspecified atom stereocenters. The predicted octanol–water partition coefficient (Wildman–Crippen LogP) is 2.14. The van der Waals surface area contributed by atoms with Crippen molar-refractivity contribution in [1.29, 1.82) is 0 Å². The molecule has 0 radical (unpaired) electrons. The van der Waals surface area contributed by atoms with Crippen molar-refractivity contribution in [3.63, 3.8) is 0 Å². The first kappa shape index (κ1) is 9.78. The molecule has 0 saturated carbocycles. The van der Waals surface area contributed by atoms with Gasteiger partial charge in [-0.2, -0.15) is 0 Å². The van der Waals surface area contributed by atoms with Gasteiger partial charge in [-0.3, -0.25) is 0 Å². The third kappa shape index (κ3) is 2.31. The molecule has 2 heteroatoms. The zero-order chi connectivity index (χ0) is 9.68. The molecule has 0 saturated heterocycles. The Morgan fingerprint density at radius 2 is 2.23 bits per heavy atom. The number of ether oxygens (including phenoxy) is 1. The number of methoxy groups -OCH3 is 1. The molecular formula is C11H14O2. The number of carbonyl (C=O) groups is 1. The molecule has 0 N–H and O–H groups in total. The summed E-state index contributed by atoms with van der Waals surface area (Å²) in [6.45, 7) is 2.03. The van der Waals surface area contributed by atoms with Crippen molar-refractivity contribution < 1.29 is 9.53 Å². The summed E-state index contributed by atoms with van der Waals surface area (Å²) in [6, 6.07) is 5.91. The molecule has 2 nitrogen and oxygen atoms in total. The Morgan fingerprint density at radius 1 is 1.46 bits per heavy atom. The van der Waals surface area contributed by atoms with Gasteiger partial charge in [0.25, 0.3) is 0 Å². The van der Waals surface area contributed by atoms with E-state index in [1.165, 1.54) is 5.56 Å². The van der Waals surface area contributed by atoms with E-state index in [1.54, 1.807) is 7.11 Å². The molecule has 0 aliphatic rings. The van der Waals surface area contributed by atoms with Gasteiger partial charge >= 0.3 is 0 Å². The second-order valence-corrected chi connectivity index (χ2v) is 2.96. The lowest BCUT2D eigenvalue weighted by atomic mass is 10.0. The Kier molecular flexibility index (Phi) is 3.50. The molecule has 0 heterocycles. The molecule has 0 bridgehead atoms. The van der Waals surface area contributed by atoms with E-state index in [4.69, 9.17) is 4.74 Å². The first-order chi connectivity index (χ1) is 6.29. The van der Waals surface area contributed by atoms with E-state index >= 15 is 0 Å². The Labute approximate surface area is 78.5 Å². The fourth-order valence-corrected chi connectivity index (χ4v) is 1.39. The average molecular weight is 178 g/mol. The summed E-state index contributed by atoms with van der Waals surface area (Å²) < 4.78 is 5.21. The Balaban J connectivity index is 2.93. The van der Waals surface area contributed by atoms with Crippen LogP contribution in [0.3, 0.4) is 0 Å². The second-order valence-electron chi connectivity index (χ2n) is 2.96. The summed E-state index contributed by atoms with van der Waals surface area (Å²) in [5.41, 5.74) is 2.32. The predicted molar refractivity (Wildman–Crippen MR) is 52.1 cm³/mol. The van der Waals surface area contributed by atoms with Crippen LogP contribution in [-0.2, 0) is 11.2 Å². The van der Waals surface area contributed by atoms with Crippen molar-refractivity contribution in [2.24, 2.45) is 0 Å². The van der Waals surface area contributed by atoms with Crippen molar-refractivity contribution >= 4 is 6.29 Å². The highest BCUT2D eigenvalue weighted by Crippen LogP contribution is 2.22. The summed E-state index contributed by atoms with van der Waals surface area (Å²) in [5.74, 6) is 0.877. The van der Waals surface area contributed by atoms with Gasteiger partial charge < -0.3 is 9.53 Å². The number of benzene rings is 1. The van der Waals surface area contributed by atoms with E-state index in [9.17, 15) is 4.79 Å². The molecule has 0 spiro atoms. The normalized spacial score (nSPS) is 9.69. The fraction of sp³-hybridized carbons (Fsp3) is 0.364. The molecule has 0 atom stereocenters. The quantitative estimate of drug-likeness (QED) is 0.660. The zero-order valence-corrected chi connectivity index (χ0v) is 8.04. The molecule has 0 aromatic heterocycles. The van der Waals surface area contributed by atoms with Crippen LogP contribution in [0.2, 0.25) is 0 Å². The lowest BCUT2D eigenvalue weighted by Crippen LogP contribution is -1.95. The number of aldehydes is 1. The summed E-state index contributed by atoms with van der Waals surface area (Å²) >= 11 is 0. The van der Waals surface area contributed by atoms with Gasteiger partial charge in [0, 0.05) is 6.42 Å². The standard InChI is InChI=1S/C11H14O2/c1-9-5-3-7-11(13-2)10(9)6-4-8-12/h3,5,7-8H,4,6H2,1-2H3. The van der Waals surface area contributed by atoms with Gasteiger partial charge in [-0.15, -0.1) is 0 Å². The molecular weight excluding hydrogens is 164 g/mol. The summed E-state index contributed by atoms with van der Waals surface area (Å²) in [7, 11) is 1.65. The minimum absolute atomic E-state index is 0.557. The van der Waals surface area contributed by atoms with Crippen LogP contribution in [0.1, 0.15) is 17.5 Å². The van der Waals surface area contributed by atoms with Crippen molar-refractivity contribution in [3.8, 4) is 5.75 Å². The van der Waals surface area contributed by atoms with Crippen LogP contribution in [0.5, 0.6) is 5.75 Å². The number of hydrogen-bond acceptors (Lipinski definition) is 2. The van der Waals surface area contributed by atoms with E-state index in [0.29, 0.717) is 6.42 Å². The molecule has 0 fully saturated rings. The highest BCUT2D eigenvalue weighted by Gasteiger charge is 2.04. The number of rotatable bonds is 4. The molecule has 1 aromatic carbocycles. The molecule has 1 aromatic rings. The van der Waals surface area contributed by atoms with Crippen LogP contribution in [0, 0.1) is 6.92 Å². The van der Waals surface area contributed by atoms with Crippen LogP contribution in [0.25, 0.3) is 0 Å². The van der Waals surface area contributed by atoms with Gasteiger partial charge in [-0.25, -0.2) is 0 Å². The highest BCUT2D eigenvalue weighted by molar-refractivity contribution is 5.51. The maximum absolute atomic E-state index is 10.2. The monoisotopic (exact) mass is 178 g/mol. The van der Waals surface area contributed by atoms with Gasteiger partial charge in [0.2, 0.25) is 0 Å². The fourth-order valence-electron chi connectivity index (χ4n) is 1.39. The minimum Gasteiger partial charge on any atom is -0.496 e. The number of hydrogen-bond donors (Lipinski definition) is 0. The van der Waals surface area contributed by atoms with Crippen LogP contribution >= 0.6 is 0 Å². The third-order valence-electron chi connectivity index (χ3n) is 2.10. The topological polar surface area (TPSA) is 26.3 Å². The second kappa shape index (κ2) is 4.65. The zero-order valence-electron chi connectivity index (χ0n) is 8.04. The number of carbonyl (C=O) groups excluding carboxylic acids is 1. The lowest BCUT2D eigenvalue weighted by molar-refractivity contribution is -0.107. The molecule has 13 heavy (non-hydrogen) atoms. The summed E-state index contributed by atoms with van der Waals surface area (Å²) in [6.07, 6.45) is 2.26.